The first-order chi connectivity index (χ1) is 7.61. The van der Waals surface area contributed by atoms with Crippen molar-refractivity contribution in [2.45, 2.75) is 6.42 Å². The number of nitrogens with zero attached hydrogens (tertiary/aromatic N) is 1. The van der Waals surface area contributed by atoms with Gasteiger partial charge >= 0.3 is 11.9 Å². The van der Waals surface area contributed by atoms with Gasteiger partial charge in [-0.3, -0.25) is 4.79 Å². The van der Waals surface area contributed by atoms with E-state index in [9.17, 15) is 9.59 Å². The molecular weight excluding hydrogens is 234 g/mol. The second kappa shape index (κ2) is 5.87. The minimum atomic E-state index is -1.06. The van der Waals surface area contributed by atoms with E-state index in [2.05, 4.69) is 9.99 Å². The van der Waals surface area contributed by atoms with Crippen LogP contribution in [0.15, 0.2) is 29.4 Å². The molecule has 0 fully saturated rings. The highest BCUT2D eigenvalue weighted by Crippen LogP contribution is 2.15. The molecule has 1 N–H and O–H groups in total. The first-order valence-corrected chi connectivity index (χ1v) is 4.68. The highest BCUT2D eigenvalue weighted by atomic mass is 35.5. The van der Waals surface area contributed by atoms with E-state index in [0.717, 1.165) is 6.21 Å². The van der Waals surface area contributed by atoms with Crippen LogP contribution in [0.4, 0.5) is 0 Å². The van der Waals surface area contributed by atoms with Crippen LogP contribution in [0, 0.1) is 0 Å². The van der Waals surface area contributed by atoms with Crippen molar-refractivity contribution in [3.05, 3.63) is 34.9 Å². The molecule has 0 aliphatic carbocycles. The average molecular weight is 242 g/mol. The lowest BCUT2D eigenvalue weighted by Gasteiger charge is -1.99. The van der Waals surface area contributed by atoms with Gasteiger partial charge in [0.25, 0.3) is 0 Å². The monoisotopic (exact) mass is 241 g/mol. The fourth-order valence-corrected chi connectivity index (χ4v) is 1.09. The average Bonchev–Trinajstić information content (AvgIpc) is 2.24. The SMILES string of the molecule is O=C(O)CC=NOC(=O)c1ccccc1Cl. The lowest BCUT2D eigenvalue weighted by atomic mass is 10.2. The van der Waals surface area contributed by atoms with E-state index in [1.807, 2.05) is 0 Å². The summed E-state index contributed by atoms with van der Waals surface area (Å²) < 4.78 is 0. The second-order valence-electron chi connectivity index (χ2n) is 2.74. The molecule has 0 saturated carbocycles. The van der Waals surface area contributed by atoms with E-state index in [4.69, 9.17) is 16.7 Å². The van der Waals surface area contributed by atoms with Crippen LogP contribution in [0.25, 0.3) is 0 Å². The summed E-state index contributed by atoms with van der Waals surface area (Å²) in [4.78, 5) is 25.9. The van der Waals surface area contributed by atoms with Gasteiger partial charge < -0.3 is 9.94 Å². The zero-order valence-corrected chi connectivity index (χ0v) is 8.85. The van der Waals surface area contributed by atoms with E-state index in [1.165, 1.54) is 6.07 Å². The number of benzene rings is 1. The quantitative estimate of drug-likeness (QED) is 0.497. The summed E-state index contributed by atoms with van der Waals surface area (Å²) in [6.07, 6.45) is 0.673. The van der Waals surface area contributed by atoms with E-state index in [0.29, 0.717) is 0 Å². The Morgan fingerprint density at radius 1 is 1.44 bits per heavy atom. The molecule has 1 aromatic rings. The number of oxime groups is 1. The third-order valence-corrected chi connectivity index (χ3v) is 1.90. The molecule has 0 aliphatic heterocycles. The van der Waals surface area contributed by atoms with Crippen molar-refractivity contribution in [2.24, 2.45) is 5.16 Å². The van der Waals surface area contributed by atoms with E-state index >= 15 is 0 Å². The number of aliphatic carboxylic acids is 1. The molecule has 6 heteroatoms. The van der Waals surface area contributed by atoms with Crippen molar-refractivity contribution < 1.29 is 19.5 Å². The Kier molecular flexibility index (Phi) is 4.47. The third-order valence-electron chi connectivity index (χ3n) is 1.57. The number of halogens is 1. The Morgan fingerprint density at radius 2 is 2.12 bits per heavy atom. The van der Waals surface area contributed by atoms with Crippen molar-refractivity contribution in [2.75, 3.05) is 0 Å². The zero-order chi connectivity index (χ0) is 12.0. The molecule has 0 spiro atoms. The van der Waals surface area contributed by atoms with Gasteiger partial charge in [0.05, 0.1) is 23.2 Å². The minimum absolute atomic E-state index is 0.177. The summed E-state index contributed by atoms with van der Waals surface area (Å²) in [5, 5.41) is 11.8. The van der Waals surface area contributed by atoms with E-state index in [1.54, 1.807) is 18.2 Å². The van der Waals surface area contributed by atoms with Gasteiger partial charge in [-0.2, -0.15) is 0 Å². The largest absolute Gasteiger partial charge is 0.481 e. The highest BCUT2D eigenvalue weighted by Gasteiger charge is 2.10. The lowest BCUT2D eigenvalue weighted by Crippen LogP contribution is -2.02. The van der Waals surface area contributed by atoms with Gasteiger partial charge in [-0.05, 0) is 12.1 Å². The molecule has 0 atom stereocenters. The predicted octanol–water partition coefficient (Wildman–Crippen LogP) is 1.96. The fraction of sp³-hybridized carbons (Fsp3) is 0.100. The number of carbonyl (C=O) groups excluding carboxylic acids is 1. The Morgan fingerprint density at radius 3 is 2.75 bits per heavy atom. The van der Waals surface area contributed by atoms with Crippen LogP contribution in [0.5, 0.6) is 0 Å². The van der Waals surface area contributed by atoms with Gasteiger partial charge in [-0.25, -0.2) is 4.79 Å². The number of rotatable bonds is 4. The first-order valence-electron chi connectivity index (χ1n) is 4.30. The molecule has 16 heavy (non-hydrogen) atoms. The van der Waals surface area contributed by atoms with Gasteiger partial charge in [0.2, 0.25) is 0 Å². The molecule has 0 bridgehead atoms. The van der Waals surface area contributed by atoms with Crippen molar-refractivity contribution in [1.29, 1.82) is 0 Å². The number of hydrogen-bond donors (Lipinski definition) is 1. The van der Waals surface area contributed by atoms with Crippen LogP contribution >= 0.6 is 11.6 Å². The molecule has 1 aromatic carbocycles. The smallest absolute Gasteiger partial charge is 0.367 e. The predicted molar refractivity (Wildman–Crippen MR) is 57.6 cm³/mol. The van der Waals surface area contributed by atoms with Crippen LogP contribution in [0.2, 0.25) is 5.02 Å². The maximum Gasteiger partial charge on any atom is 0.367 e. The Bertz CT molecular complexity index is 431. The first kappa shape index (κ1) is 12.2. The summed E-state index contributed by atoms with van der Waals surface area (Å²) in [7, 11) is 0. The summed E-state index contributed by atoms with van der Waals surface area (Å²) in [6, 6.07) is 6.33. The number of carboxylic acids is 1. The van der Waals surface area contributed by atoms with Gasteiger partial charge in [0.1, 0.15) is 0 Å². The summed E-state index contributed by atoms with van der Waals surface area (Å²) >= 11 is 5.74. The standard InChI is InChI=1S/C10H8ClNO4/c11-8-4-2-1-3-7(8)10(15)16-12-6-5-9(13)14/h1-4,6H,5H2,(H,13,14). The van der Waals surface area contributed by atoms with E-state index in [-0.39, 0.29) is 17.0 Å². The van der Waals surface area contributed by atoms with Crippen molar-refractivity contribution >= 4 is 29.8 Å². The van der Waals surface area contributed by atoms with Crippen molar-refractivity contribution in [3.8, 4) is 0 Å². The molecule has 0 radical (unpaired) electrons. The van der Waals surface area contributed by atoms with Gasteiger partial charge in [-0.15, -0.1) is 0 Å². The molecule has 0 amide bonds. The van der Waals surface area contributed by atoms with Crippen molar-refractivity contribution in [1.82, 2.24) is 0 Å². The van der Waals surface area contributed by atoms with E-state index < -0.39 is 11.9 Å². The lowest BCUT2D eigenvalue weighted by molar-refractivity contribution is -0.135. The Labute approximate surface area is 96.3 Å². The molecular formula is C10H8ClNO4. The molecule has 84 valence electrons. The van der Waals surface area contributed by atoms with Gasteiger partial charge in [0.15, 0.2) is 0 Å². The minimum Gasteiger partial charge on any atom is -0.481 e. The fourth-order valence-electron chi connectivity index (χ4n) is 0.876. The number of carboxylic acid groups (broad SMARTS) is 1. The normalized spacial score (nSPS) is 10.3. The molecule has 0 heterocycles. The molecule has 5 nitrogen and oxygen atoms in total. The van der Waals surface area contributed by atoms with Crippen molar-refractivity contribution in [3.63, 3.8) is 0 Å². The van der Waals surface area contributed by atoms with Gasteiger partial charge in [0, 0.05) is 0 Å². The van der Waals surface area contributed by atoms with Crippen LogP contribution in [-0.2, 0) is 9.63 Å². The summed E-state index contributed by atoms with van der Waals surface area (Å²) in [5.41, 5.74) is 0.177. The number of carbonyl (C=O) groups is 2. The summed E-state index contributed by atoms with van der Waals surface area (Å²) in [6.45, 7) is 0. The molecule has 0 aromatic heterocycles. The maximum atomic E-state index is 11.3. The highest BCUT2D eigenvalue weighted by molar-refractivity contribution is 6.33. The van der Waals surface area contributed by atoms with Crippen LogP contribution < -0.4 is 0 Å². The van der Waals surface area contributed by atoms with Crippen LogP contribution in [0.1, 0.15) is 16.8 Å². The maximum absolute atomic E-state index is 11.3. The second-order valence-corrected chi connectivity index (χ2v) is 3.15. The molecule has 0 aliphatic rings. The molecule has 1 rings (SSSR count). The molecule has 0 saturated heterocycles. The third kappa shape index (κ3) is 3.70. The number of hydrogen-bond acceptors (Lipinski definition) is 4. The Balaban J connectivity index is 2.57. The zero-order valence-electron chi connectivity index (χ0n) is 8.09. The molecule has 0 unspecified atom stereocenters. The van der Waals surface area contributed by atoms with Crippen LogP contribution in [-0.4, -0.2) is 23.3 Å². The van der Waals surface area contributed by atoms with Gasteiger partial charge in [-0.1, -0.05) is 28.9 Å². The Hall–Kier alpha value is -1.88. The summed E-state index contributed by atoms with van der Waals surface area (Å²) in [5.74, 6) is -1.79. The topological polar surface area (TPSA) is 76.0 Å². The van der Waals surface area contributed by atoms with Crippen LogP contribution in [0.3, 0.4) is 0 Å².